The van der Waals surface area contributed by atoms with Crippen LogP contribution >= 0.6 is 23.5 Å². The zero-order chi connectivity index (χ0) is 22.2. The van der Waals surface area contributed by atoms with Crippen molar-refractivity contribution in [2.24, 2.45) is 4.99 Å². The van der Waals surface area contributed by atoms with Crippen molar-refractivity contribution in [2.75, 3.05) is 16.3 Å². The largest absolute Gasteiger partial charge is 0.334 e. The van der Waals surface area contributed by atoms with Crippen molar-refractivity contribution in [3.8, 4) is 0 Å². The van der Waals surface area contributed by atoms with Gasteiger partial charge < -0.3 is 4.90 Å². The number of benzene rings is 3. The Bertz CT molecular complexity index is 1270. The molecule has 0 spiro atoms. The maximum Gasteiger partial charge on any atom is 0.274 e. The maximum atomic E-state index is 13.7. The highest BCUT2D eigenvalue weighted by Gasteiger charge is 2.40. The van der Waals surface area contributed by atoms with Crippen LogP contribution in [0.1, 0.15) is 12.5 Å². The number of fused-ring (bicyclic) bond motifs is 1. The van der Waals surface area contributed by atoms with Crippen LogP contribution in [0.3, 0.4) is 0 Å². The van der Waals surface area contributed by atoms with E-state index in [0.717, 1.165) is 33.4 Å². The number of para-hydroxylation sites is 2. The number of thioether (sulfide) groups is 2. The smallest absolute Gasteiger partial charge is 0.274 e. The van der Waals surface area contributed by atoms with Gasteiger partial charge in [0.15, 0.2) is 5.17 Å². The van der Waals surface area contributed by atoms with Crippen molar-refractivity contribution in [2.45, 2.75) is 18.7 Å². The number of hydrogen-bond donors (Lipinski definition) is 0. The third kappa shape index (κ3) is 3.61. The van der Waals surface area contributed by atoms with Crippen LogP contribution in [0.2, 0.25) is 0 Å². The molecule has 5 rings (SSSR count). The van der Waals surface area contributed by atoms with E-state index in [4.69, 9.17) is 4.99 Å². The Labute approximate surface area is 194 Å². The molecule has 0 radical (unpaired) electrons. The van der Waals surface area contributed by atoms with E-state index in [9.17, 15) is 9.18 Å². The van der Waals surface area contributed by atoms with Gasteiger partial charge in [-0.15, -0.1) is 0 Å². The first-order valence-corrected chi connectivity index (χ1v) is 11.9. The summed E-state index contributed by atoms with van der Waals surface area (Å²) in [6.07, 6.45) is 0. The lowest BCUT2D eigenvalue weighted by Gasteiger charge is -2.19. The molecule has 4 nitrogen and oxygen atoms in total. The average molecular weight is 462 g/mol. The number of carbonyl (C=O) groups excluding carboxylic acids is 1. The molecule has 2 aliphatic heterocycles. The van der Waals surface area contributed by atoms with Gasteiger partial charge in [-0.25, -0.2) is 9.38 Å². The Morgan fingerprint density at radius 1 is 0.938 bits per heavy atom. The quantitative estimate of drug-likeness (QED) is 0.407. The van der Waals surface area contributed by atoms with E-state index in [0.29, 0.717) is 15.8 Å². The minimum absolute atomic E-state index is 0.150. The topological polar surface area (TPSA) is 35.9 Å². The Hall–Kier alpha value is -3.03. The number of amides is 1. The van der Waals surface area contributed by atoms with Gasteiger partial charge in [-0.2, -0.15) is 0 Å². The van der Waals surface area contributed by atoms with Crippen LogP contribution in [0.5, 0.6) is 0 Å². The molecule has 0 atom stereocenters. The summed E-state index contributed by atoms with van der Waals surface area (Å²) in [4.78, 5) is 24.1. The minimum atomic E-state index is -0.344. The van der Waals surface area contributed by atoms with Gasteiger partial charge in [0.25, 0.3) is 5.91 Å². The highest BCUT2D eigenvalue weighted by atomic mass is 32.2. The van der Waals surface area contributed by atoms with E-state index in [-0.39, 0.29) is 11.7 Å². The normalized spacial score (nSPS) is 19.2. The number of halogens is 1. The Morgan fingerprint density at radius 3 is 2.41 bits per heavy atom. The number of nitrogens with zero attached hydrogens (tertiary/aromatic N) is 3. The summed E-state index contributed by atoms with van der Waals surface area (Å²) in [6.45, 7) is 4.82. The van der Waals surface area contributed by atoms with E-state index in [1.807, 2.05) is 43.3 Å². The van der Waals surface area contributed by atoms with Gasteiger partial charge in [0, 0.05) is 11.4 Å². The molecule has 0 aromatic heterocycles. The summed E-state index contributed by atoms with van der Waals surface area (Å²) in [6, 6.07) is 21.9. The van der Waals surface area contributed by atoms with Gasteiger partial charge in [0.05, 0.1) is 17.1 Å². The molecule has 3 aromatic rings. The van der Waals surface area contributed by atoms with Crippen LogP contribution in [0.25, 0.3) is 0 Å². The molecule has 160 valence electrons. The highest BCUT2D eigenvalue weighted by molar-refractivity contribution is 8.20. The molecule has 7 heteroatoms. The molecule has 1 saturated heterocycles. The molecule has 1 fully saturated rings. The van der Waals surface area contributed by atoms with Gasteiger partial charge in [0.1, 0.15) is 15.8 Å². The number of hydrogen-bond acceptors (Lipinski definition) is 5. The van der Waals surface area contributed by atoms with Crippen LogP contribution in [-0.2, 0) is 4.79 Å². The molecule has 1 amide bonds. The van der Waals surface area contributed by atoms with Crippen LogP contribution < -0.4 is 9.80 Å². The number of aryl methyl sites for hydroxylation is 1. The van der Waals surface area contributed by atoms with Crippen molar-refractivity contribution in [3.05, 3.63) is 94.1 Å². The highest BCUT2D eigenvalue weighted by Crippen LogP contribution is 2.51. The number of anilines is 2. The molecule has 0 saturated carbocycles. The molecular formula is C25H20FN3OS2. The lowest BCUT2D eigenvalue weighted by atomic mass is 10.2. The summed E-state index contributed by atoms with van der Waals surface area (Å²) in [5, 5.41) is 1.47. The number of amidine groups is 1. The third-order valence-corrected chi connectivity index (χ3v) is 7.66. The average Bonchev–Trinajstić information content (AvgIpc) is 3.33. The molecule has 0 bridgehead atoms. The molecule has 32 heavy (non-hydrogen) atoms. The molecule has 0 aliphatic carbocycles. The van der Waals surface area contributed by atoms with Crippen molar-refractivity contribution < 1.29 is 9.18 Å². The Morgan fingerprint density at radius 2 is 1.66 bits per heavy atom. The second-order valence-electron chi connectivity index (χ2n) is 7.35. The molecule has 2 heterocycles. The summed E-state index contributed by atoms with van der Waals surface area (Å²) in [5.41, 5.74) is 3.52. The summed E-state index contributed by atoms with van der Waals surface area (Å²) < 4.78 is 13.6. The van der Waals surface area contributed by atoms with Crippen molar-refractivity contribution in [1.82, 2.24) is 0 Å². The van der Waals surface area contributed by atoms with Crippen LogP contribution in [0.15, 0.2) is 92.6 Å². The first-order valence-electron chi connectivity index (χ1n) is 10.3. The summed E-state index contributed by atoms with van der Waals surface area (Å²) in [7, 11) is 0. The summed E-state index contributed by atoms with van der Waals surface area (Å²) >= 11 is 2.97. The first kappa shape index (κ1) is 20.8. The first-order chi connectivity index (χ1) is 15.6. The van der Waals surface area contributed by atoms with Crippen molar-refractivity contribution in [3.63, 3.8) is 0 Å². The SMILES string of the molecule is CCN1C(=C2SC(=Nc3ccccc3C)N(c3ccc(F)cc3)C2=O)Sc2ccccc21. The van der Waals surface area contributed by atoms with Gasteiger partial charge >= 0.3 is 0 Å². The molecule has 2 aliphatic rings. The van der Waals surface area contributed by atoms with Crippen LogP contribution in [0, 0.1) is 12.7 Å². The van der Waals surface area contributed by atoms with E-state index in [1.54, 1.807) is 28.8 Å². The van der Waals surface area contributed by atoms with Gasteiger partial charge in [-0.3, -0.25) is 9.69 Å². The van der Waals surface area contributed by atoms with E-state index >= 15 is 0 Å². The zero-order valence-electron chi connectivity index (χ0n) is 17.6. The number of aliphatic imine (C=N–C) groups is 1. The zero-order valence-corrected chi connectivity index (χ0v) is 19.2. The second kappa shape index (κ2) is 8.48. The fourth-order valence-electron chi connectivity index (χ4n) is 3.70. The number of carbonyl (C=O) groups is 1. The van der Waals surface area contributed by atoms with Crippen molar-refractivity contribution in [1.29, 1.82) is 0 Å². The fraction of sp³-hybridized carbons (Fsp3) is 0.120. The van der Waals surface area contributed by atoms with Gasteiger partial charge in [-0.05, 0) is 73.6 Å². The lowest BCUT2D eigenvalue weighted by molar-refractivity contribution is -0.113. The molecule has 0 unspecified atom stereocenters. The van der Waals surface area contributed by atoms with E-state index in [2.05, 4.69) is 24.0 Å². The molecular weight excluding hydrogens is 441 g/mol. The lowest BCUT2D eigenvalue weighted by Crippen LogP contribution is -2.29. The molecule has 0 N–H and O–H groups in total. The van der Waals surface area contributed by atoms with Crippen LogP contribution in [0.4, 0.5) is 21.5 Å². The molecule has 3 aromatic carbocycles. The fourth-order valence-corrected chi connectivity index (χ4v) is 6.09. The predicted octanol–water partition coefficient (Wildman–Crippen LogP) is 6.70. The summed E-state index contributed by atoms with van der Waals surface area (Å²) in [5.74, 6) is -0.495. The van der Waals surface area contributed by atoms with E-state index < -0.39 is 0 Å². The van der Waals surface area contributed by atoms with E-state index in [1.165, 1.54) is 23.9 Å². The number of rotatable bonds is 3. The third-order valence-electron chi connectivity index (χ3n) is 5.32. The second-order valence-corrected chi connectivity index (χ2v) is 9.36. The Balaban J connectivity index is 1.64. The van der Waals surface area contributed by atoms with Crippen molar-refractivity contribution >= 4 is 51.7 Å². The minimum Gasteiger partial charge on any atom is -0.334 e. The Kier molecular flexibility index (Phi) is 5.53. The monoisotopic (exact) mass is 461 g/mol. The van der Waals surface area contributed by atoms with Crippen LogP contribution in [-0.4, -0.2) is 17.6 Å². The van der Waals surface area contributed by atoms with Gasteiger partial charge in [-0.1, -0.05) is 42.1 Å². The van der Waals surface area contributed by atoms with Gasteiger partial charge in [0.2, 0.25) is 0 Å². The standard InChI is InChI=1S/C25H20FN3OS2/c1-3-28-20-10-6-7-11-21(20)31-24(28)22-23(30)29(18-14-12-17(26)13-15-18)25(32-22)27-19-9-5-4-8-16(19)2/h4-15H,3H2,1-2H3. The maximum absolute atomic E-state index is 13.7. The predicted molar refractivity (Wildman–Crippen MR) is 132 cm³/mol.